The first-order valence-electron chi connectivity index (χ1n) is 4.27. The molecule has 2 heterocycles. The summed E-state index contributed by atoms with van der Waals surface area (Å²) in [6.45, 7) is 0. The van der Waals surface area contributed by atoms with E-state index in [-0.39, 0.29) is 17.1 Å². The van der Waals surface area contributed by atoms with E-state index in [9.17, 15) is 4.79 Å². The molecule has 1 aromatic heterocycles. The van der Waals surface area contributed by atoms with E-state index in [1.165, 1.54) is 11.3 Å². The maximum absolute atomic E-state index is 11.5. The van der Waals surface area contributed by atoms with Crippen LogP contribution in [0.25, 0.3) is 0 Å². The highest BCUT2D eigenvalue weighted by Gasteiger charge is 2.35. The van der Waals surface area contributed by atoms with Gasteiger partial charge in [0.25, 0.3) is 0 Å². The Kier molecular flexibility index (Phi) is 2.66. The Balaban J connectivity index is 2.32. The molecule has 0 radical (unpaired) electrons. The second kappa shape index (κ2) is 3.96. The second-order valence-electron chi connectivity index (χ2n) is 3.06. The molecule has 15 heavy (non-hydrogen) atoms. The third kappa shape index (κ3) is 1.84. The van der Waals surface area contributed by atoms with Crippen molar-refractivity contribution in [2.24, 2.45) is 5.92 Å². The van der Waals surface area contributed by atoms with Gasteiger partial charge in [0, 0.05) is 4.88 Å². The van der Waals surface area contributed by atoms with Crippen LogP contribution >= 0.6 is 23.6 Å². The summed E-state index contributed by atoms with van der Waals surface area (Å²) in [5.74, 6) is -1.06. The minimum atomic E-state index is -0.727. The molecule has 1 amide bonds. The molecule has 1 aliphatic heterocycles. The van der Waals surface area contributed by atoms with Crippen LogP contribution in [-0.2, 0) is 4.79 Å². The predicted octanol–water partition coefficient (Wildman–Crippen LogP) is 0.933. The number of carbonyl (C=O) groups excluding carboxylic acids is 1. The summed E-state index contributed by atoms with van der Waals surface area (Å²) in [6.07, 6.45) is 0. The average Bonchev–Trinajstić information content (AvgIpc) is 2.69. The third-order valence-electron chi connectivity index (χ3n) is 2.13. The molecular weight excluding hydrogens is 230 g/mol. The number of nitriles is 1. The fourth-order valence-corrected chi connectivity index (χ4v) is 2.48. The molecule has 2 unspecified atom stereocenters. The number of nitrogens with zero attached hydrogens (tertiary/aromatic N) is 1. The molecule has 0 spiro atoms. The van der Waals surface area contributed by atoms with E-state index in [0.29, 0.717) is 0 Å². The molecule has 1 aliphatic rings. The SMILES string of the molecule is N#CC1C(=O)NC(=S)NC1c1cccs1. The van der Waals surface area contributed by atoms with E-state index < -0.39 is 5.92 Å². The quantitative estimate of drug-likeness (QED) is 0.713. The molecule has 76 valence electrons. The van der Waals surface area contributed by atoms with Crippen molar-refractivity contribution in [1.82, 2.24) is 10.6 Å². The lowest BCUT2D eigenvalue weighted by Gasteiger charge is -2.28. The average molecular weight is 237 g/mol. The van der Waals surface area contributed by atoms with E-state index in [2.05, 4.69) is 10.6 Å². The zero-order valence-corrected chi connectivity index (χ0v) is 9.19. The van der Waals surface area contributed by atoms with Crippen LogP contribution in [0.15, 0.2) is 17.5 Å². The highest BCUT2D eigenvalue weighted by atomic mass is 32.1. The first-order chi connectivity index (χ1) is 7.22. The number of nitrogens with one attached hydrogen (secondary N) is 2. The molecule has 2 atom stereocenters. The van der Waals surface area contributed by atoms with Crippen LogP contribution in [0.3, 0.4) is 0 Å². The van der Waals surface area contributed by atoms with Gasteiger partial charge in [-0.2, -0.15) is 5.26 Å². The summed E-state index contributed by atoms with van der Waals surface area (Å²) in [5, 5.41) is 16.5. The van der Waals surface area contributed by atoms with Gasteiger partial charge < -0.3 is 10.6 Å². The standard InChI is InChI=1S/C9H7N3OS2/c10-4-5-7(6-2-1-3-15-6)11-9(14)12-8(5)13/h1-3,5,7H,(H2,11,12,13,14). The van der Waals surface area contributed by atoms with Crippen molar-refractivity contribution in [2.45, 2.75) is 6.04 Å². The van der Waals surface area contributed by atoms with Crippen molar-refractivity contribution < 1.29 is 4.79 Å². The number of carbonyl (C=O) groups is 1. The molecular formula is C9H7N3OS2. The van der Waals surface area contributed by atoms with Crippen LogP contribution < -0.4 is 10.6 Å². The Bertz CT molecular complexity index is 435. The third-order valence-corrected chi connectivity index (χ3v) is 3.30. The van der Waals surface area contributed by atoms with Gasteiger partial charge in [0.05, 0.1) is 12.1 Å². The molecule has 0 saturated carbocycles. The Morgan fingerprint density at radius 2 is 2.40 bits per heavy atom. The van der Waals surface area contributed by atoms with Gasteiger partial charge in [-0.3, -0.25) is 4.79 Å². The fourth-order valence-electron chi connectivity index (χ4n) is 1.44. The molecule has 0 bridgehead atoms. The summed E-state index contributed by atoms with van der Waals surface area (Å²) in [7, 11) is 0. The first-order valence-corrected chi connectivity index (χ1v) is 5.55. The number of thiophene rings is 1. The van der Waals surface area contributed by atoms with Gasteiger partial charge in [0.1, 0.15) is 0 Å². The van der Waals surface area contributed by atoms with Gasteiger partial charge in [-0.15, -0.1) is 11.3 Å². The van der Waals surface area contributed by atoms with Crippen LogP contribution in [0, 0.1) is 17.2 Å². The van der Waals surface area contributed by atoms with Gasteiger partial charge >= 0.3 is 0 Å². The summed E-state index contributed by atoms with van der Waals surface area (Å²) in [5.41, 5.74) is 0. The summed E-state index contributed by atoms with van der Waals surface area (Å²) < 4.78 is 0. The highest BCUT2D eigenvalue weighted by molar-refractivity contribution is 7.80. The molecule has 1 aromatic rings. The zero-order valence-electron chi connectivity index (χ0n) is 7.56. The largest absolute Gasteiger partial charge is 0.353 e. The molecule has 0 aromatic carbocycles. The van der Waals surface area contributed by atoms with Crippen molar-refractivity contribution >= 4 is 34.6 Å². The van der Waals surface area contributed by atoms with Crippen molar-refractivity contribution in [3.05, 3.63) is 22.4 Å². The molecule has 6 heteroatoms. The van der Waals surface area contributed by atoms with Gasteiger partial charge in [0.2, 0.25) is 5.91 Å². The van der Waals surface area contributed by atoms with Crippen molar-refractivity contribution in [3.63, 3.8) is 0 Å². The summed E-state index contributed by atoms with van der Waals surface area (Å²) in [4.78, 5) is 12.4. The minimum absolute atomic E-state index is 0.282. The maximum atomic E-state index is 11.5. The molecule has 1 saturated heterocycles. The van der Waals surface area contributed by atoms with Gasteiger partial charge in [-0.1, -0.05) is 6.07 Å². The second-order valence-corrected chi connectivity index (χ2v) is 4.45. The number of hydrogen-bond donors (Lipinski definition) is 2. The Hall–Kier alpha value is -1.45. The van der Waals surface area contributed by atoms with E-state index in [4.69, 9.17) is 17.5 Å². The van der Waals surface area contributed by atoms with E-state index in [0.717, 1.165) is 4.88 Å². The molecule has 2 rings (SSSR count). The van der Waals surface area contributed by atoms with Crippen LogP contribution in [0.4, 0.5) is 0 Å². The van der Waals surface area contributed by atoms with Crippen LogP contribution in [0.5, 0.6) is 0 Å². The lowest BCUT2D eigenvalue weighted by atomic mass is 9.97. The summed E-state index contributed by atoms with van der Waals surface area (Å²) in [6, 6.07) is 5.43. The van der Waals surface area contributed by atoms with Crippen molar-refractivity contribution in [1.29, 1.82) is 5.26 Å². The lowest BCUT2D eigenvalue weighted by molar-refractivity contribution is -0.123. The molecule has 2 N–H and O–H groups in total. The van der Waals surface area contributed by atoms with E-state index >= 15 is 0 Å². The van der Waals surface area contributed by atoms with Gasteiger partial charge in [-0.25, -0.2) is 0 Å². The van der Waals surface area contributed by atoms with Gasteiger partial charge in [0.15, 0.2) is 11.0 Å². The van der Waals surface area contributed by atoms with Crippen LogP contribution in [0.1, 0.15) is 10.9 Å². The monoisotopic (exact) mass is 237 g/mol. The number of rotatable bonds is 1. The normalized spacial score (nSPS) is 25.3. The van der Waals surface area contributed by atoms with Crippen LogP contribution in [-0.4, -0.2) is 11.0 Å². The summed E-state index contributed by atoms with van der Waals surface area (Å²) >= 11 is 6.39. The van der Waals surface area contributed by atoms with Crippen molar-refractivity contribution in [3.8, 4) is 6.07 Å². The smallest absolute Gasteiger partial charge is 0.245 e. The van der Waals surface area contributed by atoms with E-state index in [1.807, 2.05) is 23.6 Å². The fraction of sp³-hybridized carbons (Fsp3) is 0.222. The molecule has 4 nitrogen and oxygen atoms in total. The minimum Gasteiger partial charge on any atom is -0.353 e. The lowest BCUT2D eigenvalue weighted by Crippen LogP contribution is -2.53. The predicted molar refractivity (Wildman–Crippen MR) is 60.0 cm³/mol. The Morgan fingerprint density at radius 3 is 3.00 bits per heavy atom. The first kappa shape index (κ1) is 10.1. The Labute approximate surface area is 95.9 Å². The number of thiocarbonyl (C=S) groups is 1. The van der Waals surface area contributed by atoms with E-state index in [1.54, 1.807) is 0 Å². The molecule has 0 aliphatic carbocycles. The maximum Gasteiger partial charge on any atom is 0.245 e. The van der Waals surface area contributed by atoms with Crippen molar-refractivity contribution in [2.75, 3.05) is 0 Å². The highest BCUT2D eigenvalue weighted by Crippen LogP contribution is 2.27. The molecule has 1 fully saturated rings. The number of hydrogen-bond acceptors (Lipinski definition) is 4. The Morgan fingerprint density at radius 1 is 1.60 bits per heavy atom. The topological polar surface area (TPSA) is 64.9 Å². The number of amides is 1. The van der Waals surface area contributed by atoms with Crippen LogP contribution in [0.2, 0.25) is 0 Å². The zero-order chi connectivity index (χ0) is 10.8. The van der Waals surface area contributed by atoms with Gasteiger partial charge in [-0.05, 0) is 23.7 Å².